The number of nitrogens with two attached hydrogens (primary N) is 1. The van der Waals surface area contributed by atoms with Gasteiger partial charge in [0.2, 0.25) is 11.3 Å². The average Bonchev–Trinajstić information content (AvgIpc) is 3.84. The van der Waals surface area contributed by atoms with Crippen molar-refractivity contribution in [3.8, 4) is 11.5 Å². The summed E-state index contributed by atoms with van der Waals surface area (Å²) in [6, 6.07) is 7.57. The van der Waals surface area contributed by atoms with Crippen molar-refractivity contribution in [2.45, 2.75) is 76.5 Å². The van der Waals surface area contributed by atoms with E-state index >= 15 is 0 Å². The van der Waals surface area contributed by atoms with Crippen LogP contribution in [0.4, 0.5) is 22.0 Å². The van der Waals surface area contributed by atoms with Crippen LogP contribution >= 0.6 is 22.4 Å². The fraction of sp³-hybridized carbons (Fsp3) is 0.475. The Balaban J connectivity index is 0.892. The lowest BCUT2D eigenvalue weighted by molar-refractivity contribution is -0.121. The number of aryl methyl sites for hydroxylation is 1. The van der Waals surface area contributed by atoms with Crippen LogP contribution in [0, 0.1) is 0 Å². The number of ether oxygens (including phenoxy) is 3. The van der Waals surface area contributed by atoms with Crippen LogP contribution in [0.5, 0.6) is 11.5 Å². The molecule has 0 radical (unpaired) electrons. The van der Waals surface area contributed by atoms with Gasteiger partial charge in [0.05, 0.1) is 24.5 Å². The van der Waals surface area contributed by atoms with Crippen molar-refractivity contribution in [3.63, 3.8) is 0 Å². The molecule has 1 fully saturated rings. The highest BCUT2D eigenvalue weighted by atomic mass is 32.5. The number of phosphoric acid groups is 2. The summed E-state index contributed by atoms with van der Waals surface area (Å²) in [5.41, 5.74) is 8.45. The van der Waals surface area contributed by atoms with Crippen LogP contribution < -0.4 is 41.3 Å². The van der Waals surface area contributed by atoms with E-state index in [1.54, 1.807) is 18.2 Å². The number of carbonyl (C=O) groups excluding carboxylic acids is 2. The van der Waals surface area contributed by atoms with Gasteiger partial charge < -0.3 is 60.2 Å². The van der Waals surface area contributed by atoms with Crippen LogP contribution in [-0.4, -0.2) is 138 Å². The molecule has 0 saturated carbocycles. The van der Waals surface area contributed by atoms with E-state index in [4.69, 9.17) is 29.5 Å². The number of carbonyl (C=O) groups is 2. The zero-order valence-corrected chi connectivity index (χ0v) is 43.4. The maximum Gasteiger partial charge on any atom is 0.488 e. The predicted molar refractivity (Wildman–Crippen MR) is 261 cm³/mol. The molecule has 2 aromatic heterocycles. The van der Waals surface area contributed by atoms with Crippen LogP contribution in [-0.2, 0) is 64.9 Å². The van der Waals surface area contributed by atoms with Crippen LogP contribution in [0.15, 0.2) is 48.0 Å². The third-order valence-electron chi connectivity index (χ3n) is 12.0. The molecule has 4 aliphatic rings. The van der Waals surface area contributed by atoms with E-state index in [1.165, 1.54) is 10.9 Å². The Bertz CT molecular complexity index is 3290. The van der Waals surface area contributed by atoms with Gasteiger partial charge in [-0.15, -0.1) is 0 Å². The second-order valence-electron chi connectivity index (χ2n) is 17.7. The summed E-state index contributed by atoms with van der Waals surface area (Å²) in [6.07, 6.45) is -1.39. The number of nitrogens with one attached hydrogen (secondary N) is 2. The lowest BCUT2D eigenvalue weighted by Crippen LogP contribution is -2.46. The molecule has 0 bridgehead atoms. The third kappa shape index (κ3) is 12.8. The molecule has 8 rings (SSSR count). The number of hydrogen-bond donors (Lipinski definition) is 9. The van der Waals surface area contributed by atoms with Crippen LogP contribution in [0.1, 0.15) is 57.4 Å². The van der Waals surface area contributed by atoms with Gasteiger partial charge >= 0.3 is 28.5 Å². The van der Waals surface area contributed by atoms with E-state index in [1.807, 2.05) is 30.9 Å². The maximum absolute atomic E-state index is 13.1. The zero-order chi connectivity index (χ0) is 52.8. The molecule has 2 unspecified atom stereocenters. The Hall–Kier alpha value is -4.87. The number of fused-ring (bicyclic) bond motifs is 5. The van der Waals surface area contributed by atoms with Gasteiger partial charge in [0.15, 0.2) is 35.3 Å². The van der Waals surface area contributed by atoms with Crippen molar-refractivity contribution in [2.75, 3.05) is 55.7 Å². The second-order valence-corrected chi connectivity index (χ2v) is 25.0. The molecule has 6 heterocycles. The molecule has 396 valence electrons. The molecule has 0 spiro atoms. The number of amides is 2. The Morgan fingerprint density at radius 1 is 1.04 bits per heavy atom. The number of imidazole rings is 1. The quantitative estimate of drug-likeness (QED) is 0.0243. The van der Waals surface area contributed by atoms with Crippen molar-refractivity contribution in [2.24, 2.45) is 4.99 Å². The standard InChI is InChI=1S/C40H51N10O18P3S2/c1-4-48-11-5-7-22-13-25-29(15-27(22)48)64-30-16-28-24(14-26(30)47-25)23(19-73(60,61)62)17-40(2,3)50(28)12-6-8-32(51)42-9-10-43-39(53)66-35-31(18-63-69(54,55)67-70(56,57)68-71(58,59)72)65-38(34(35)52)49-21-46-33-36(41)44-20-45-37(33)49/h13-17,20-21,31,34-35,38,52H,4-12,18-19H2,1-3H3,(H8-,41,42,43,44,45,51,53,54,55,56,57,58,59,60,61,62,72)/p+1/t31-,34-,35-,38-/m1/s1. The van der Waals surface area contributed by atoms with Gasteiger partial charge in [-0.05, 0) is 63.1 Å². The van der Waals surface area contributed by atoms with E-state index in [0.717, 1.165) is 43.2 Å². The molecule has 6 atom stereocenters. The van der Waals surface area contributed by atoms with Gasteiger partial charge in [-0.3, -0.25) is 18.4 Å². The van der Waals surface area contributed by atoms with Crippen molar-refractivity contribution < 1.29 is 83.7 Å². The monoisotopic (exact) mass is 1120 g/mol. The number of hydrogen-bond acceptors (Lipinski definition) is 20. The summed E-state index contributed by atoms with van der Waals surface area (Å²) in [7, 11) is -15.7. The van der Waals surface area contributed by atoms with Crippen molar-refractivity contribution in [3.05, 3.63) is 64.8 Å². The summed E-state index contributed by atoms with van der Waals surface area (Å²) < 4.78 is 93.1. The highest BCUT2D eigenvalue weighted by molar-refractivity contribution is 8.08. The Morgan fingerprint density at radius 2 is 1.79 bits per heavy atom. The SMILES string of the molecule is CC[N+]1=c2cc3c(cc2CCC1)=Nc1cc2c(cc1O3)N(CCCC(=O)NCCNC(=O)O[C@H]1[C@@H](O)[C@H](n3cnc4c(N)ncnc43)O[C@@H]1COP(=O)(O)OP(=O)(O)OP(O)(O)=S)C(C)(C)C=C2CS(=O)(=O)O. The summed E-state index contributed by atoms with van der Waals surface area (Å²) in [6.45, 7) is 1.73. The molecular formula is C40H52N10O18P3S2+. The van der Waals surface area contributed by atoms with Gasteiger partial charge in [0.1, 0.15) is 53.9 Å². The molecule has 10 N–H and O–H groups in total. The molecule has 28 nitrogen and oxygen atoms in total. The first-order chi connectivity index (χ1) is 34.2. The molecule has 33 heteroatoms. The Labute approximate surface area is 420 Å². The molecule has 1 saturated heterocycles. The lowest BCUT2D eigenvalue weighted by atomic mass is 9.88. The van der Waals surface area contributed by atoms with Crippen LogP contribution in [0.25, 0.3) is 16.7 Å². The number of nitrogens with zero attached hydrogens (tertiary/aromatic N) is 7. The number of aliphatic hydroxyl groups is 1. The predicted octanol–water partition coefficient (Wildman–Crippen LogP) is 1.20. The summed E-state index contributed by atoms with van der Waals surface area (Å²) in [4.78, 5) is 83.4. The molecule has 2 aromatic carbocycles. The summed E-state index contributed by atoms with van der Waals surface area (Å²) >= 11 is 4.10. The lowest BCUT2D eigenvalue weighted by Gasteiger charge is -2.44. The number of rotatable bonds is 19. The van der Waals surface area contributed by atoms with Gasteiger partial charge in [-0.1, -0.05) is 6.08 Å². The minimum absolute atomic E-state index is 0.0250. The van der Waals surface area contributed by atoms with E-state index in [2.05, 4.69) is 57.5 Å². The number of aliphatic hydroxyl groups excluding tert-OH is 1. The molecule has 2 amide bonds. The number of anilines is 2. The second kappa shape index (κ2) is 21.0. The van der Waals surface area contributed by atoms with Gasteiger partial charge in [-0.25, -0.2) is 42.8 Å². The number of phosphoric ester groups is 1. The van der Waals surface area contributed by atoms with Gasteiger partial charge in [0.25, 0.3) is 10.1 Å². The van der Waals surface area contributed by atoms with Crippen molar-refractivity contribution in [1.82, 2.24) is 34.7 Å². The van der Waals surface area contributed by atoms with Crippen molar-refractivity contribution >= 4 is 90.2 Å². The highest BCUT2D eigenvalue weighted by Crippen LogP contribution is 2.66. The smallest absolute Gasteiger partial charge is 0.452 e. The topological polar surface area (TPSA) is 391 Å². The number of benzene rings is 2. The Morgan fingerprint density at radius 3 is 2.52 bits per heavy atom. The van der Waals surface area contributed by atoms with Crippen LogP contribution in [0.2, 0.25) is 0 Å². The normalized spacial score (nSPS) is 21.8. The number of nitrogen functional groups attached to an aromatic ring is 1. The fourth-order valence-electron chi connectivity index (χ4n) is 9.02. The first-order valence-electron chi connectivity index (χ1n) is 22.4. The minimum atomic E-state index is -5.69. The van der Waals surface area contributed by atoms with E-state index < -0.39 is 81.0 Å². The molecule has 4 aromatic rings. The Kier molecular flexibility index (Phi) is 15.7. The van der Waals surface area contributed by atoms with Crippen LogP contribution in [0.3, 0.4) is 0 Å². The molecule has 73 heavy (non-hydrogen) atoms. The fourth-order valence-corrected chi connectivity index (χ4v) is 13.4. The zero-order valence-electron chi connectivity index (χ0n) is 39.1. The van der Waals surface area contributed by atoms with E-state index in [-0.39, 0.29) is 42.4 Å². The maximum atomic E-state index is 13.1. The average molecular weight is 1120 g/mol. The van der Waals surface area contributed by atoms with Gasteiger partial charge in [-0.2, -0.15) is 12.7 Å². The first-order valence-corrected chi connectivity index (χ1v) is 29.6. The van der Waals surface area contributed by atoms with Crippen molar-refractivity contribution in [1.29, 1.82) is 0 Å². The van der Waals surface area contributed by atoms with E-state index in [9.17, 15) is 56.4 Å². The van der Waals surface area contributed by atoms with E-state index in [0.29, 0.717) is 52.3 Å². The third-order valence-corrected chi connectivity index (χ3v) is 17.1. The highest BCUT2D eigenvalue weighted by Gasteiger charge is 2.50. The summed E-state index contributed by atoms with van der Waals surface area (Å²) in [5.74, 6) is -0.00455. The molecule has 4 aliphatic heterocycles. The van der Waals surface area contributed by atoms with Gasteiger partial charge in [0, 0.05) is 55.4 Å². The molecule has 0 aliphatic carbocycles. The largest absolute Gasteiger partial charge is 0.488 e. The summed E-state index contributed by atoms with van der Waals surface area (Å²) in [5, 5.41) is 18.2. The number of alkyl carbamates (subject to hydrolysis) is 1. The number of aromatic nitrogens is 4. The minimum Gasteiger partial charge on any atom is -0.452 e. The first kappa shape index (κ1) is 54.4. The molecular weight excluding hydrogens is 1070 g/mol.